The molecule has 0 fully saturated rings. The number of unbranched alkanes of at least 4 members (excludes halogenated alkanes) is 2. The molecule has 0 aromatic carbocycles. The zero-order chi connectivity index (χ0) is 13.4. The van der Waals surface area contributed by atoms with Gasteiger partial charge in [-0.15, -0.1) is 11.3 Å². The highest BCUT2D eigenvalue weighted by molar-refractivity contribution is 7.12. The van der Waals surface area contributed by atoms with Crippen LogP contribution in [-0.2, 0) is 4.79 Å². The van der Waals surface area contributed by atoms with Crippen LogP contribution in [0.4, 0.5) is 0 Å². The summed E-state index contributed by atoms with van der Waals surface area (Å²) in [4.78, 5) is 23.5. The number of carboxylic acid groups (broad SMARTS) is 1. The van der Waals surface area contributed by atoms with Gasteiger partial charge < -0.3 is 10.4 Å². The van der Waals surface area contributed by atoms with Crippen molar-refractivity contribution in [1.29, 1.82) is 0 Å². The lowest BCUT2D eigenvalue weighted by atomic mass is 10.1. The first kappa shape index (κ1) is 14.9. The van der Waals surface area contributed by atoms with Crippen LogP contribution in [0.2, 0.25) is 0 Å². The first-order valence-corrected chi connectivity index (χ1v) is 7.06. The van der Waals surface area contributed by atoms with Crippen molar-refractivity contribution >= 4 is 23.1 Å². The molecule has 1 aromatic rings. The zero-order valence-corrected chi connectivity index (χ0v) is 11.3. The summed E-state index contributed by atoms with van der Waals surface area (Å²) < 4.78 is 0. The van der Waals surface area contributed by atoms with E-state index in [0.717, 1.165) is 19.3 Å². The van der Waals surface area contributed by atoms with E-state index in [1.165, 1.54) is 11.3 Å². The molecular weight excluding hydrogens is 250 g/mol. The number of carbonyl (C=O) groups excluding carboxylic acids is 1. The minimum absolute atomic E-state index is 0.121. The van der Waals surface area contributed by atoms with Gasteiger partial charge in [0.25, 0.3) is 0 Å². The van der Waals surface area contributed by atoms with Gasteiger partial charge in [-0.05, 0) is 24.4 Å². The number of nitrogens with one attached hydrogen (secondary N) is 1. The quantitative estimate of drug-likeness (QED) is 0.534. The van der Waals surface area contributed by atoms with Crippen LogP contribution in [0.1, 0.15) is 42.3 Å². The van der Waals surface area contributed by atoms with Gasteiger partial charge in [-0.2, -0.15) is 0 Å². The van der Waals surface area contributed by atoms with Gasteiger partial charge in [-0.1, -0.05) is 25.8 Å². The van der Waals surface area contributed by atoms with E-state index in [4.69, 9.17) is 5.11 Å². The number of carboxylic acids is 1. The zero-order valence-electron chi connectivity index (χ0n) is 10.5. The Morgan fingerprint density at radius 2 is 2.22 bits per heavy atom. The van der Waals surface area contributed by atoms with E-state index >= 15 is 0 Å². The monoisotopic (exact) mass is 269 g/mol. The van der Waals surface area contributed by atoms with Gasteiger partial charge in [-0.3, -0.25) is 9.59 Å². The molecular formula is C13H19NO3S. The largest absolute Gasteiger partial charge is 0.481 e. The first-order chi connectivity index (χ1) is 8.65. The second-order valence-electron chi connectivity index (χ2n) is 4.15. The summed E-state index contributed by atoms with van der Waals surface area (Å²) >= 11 is 1.35. The molecule has 1 unspecified atom stereocenters. The van der Waals surface area contributed by atoms with E-state index in [1.807, 2.05) is 5.38 Å². The van der Waals surface area contributed by atoms with Gasteiger partial charge in [-0.25, -0.2) is 0 Å². The number of hydrogen-bond donors (Lipinski definition) is 2. The van der Waals surface area contributed by atoms with Crippen LogP contribution in [0, 0.1) is 0 Å². The van der Waals surface area contributed by atoms with Crippen molar-refractivity contribution in [2.75, 3.05) is 6.54 Å². The highest BCUT2D eigenvalue weighted by Crippen LogP contribution is 2.13. The van der Waals surface area contributed by atoms with Crippen molar-refractivity contribution < 1.29 is 14.7 Å². The van der Waals surface area contributed by atoms with Gasteiger partial charge in [0.2, 0.25) is 0 Å². The average molecular weight is 269 g/mol. The Morgan fingerprint density at radius 1 is 1.44 bits per heavy atom. The second kappa shape index (κ2) is 8.00. The molecule has 0 saturated heterocycles. The molecule has 1 heterocycles. The average Bonchev–Trinajstić information content (AvgIpc) is 2.85. The van der Waals surface area contributed by atoms with E-state index in [2.05, 4.69) is 12.2 Å². The summed E-state index contributed by atoms with van der Waals surface area (Å²) in [5.41, 5.74) is 0. The lowest BCUT2D eigenvalue weighted by Gasteiger charge is -2.14. The van der Waals surface area contributed by atoms with Gasteiger partial charge in [0.15, 0.2) is 5.78 Å². The summed E-state index contributed by atoms with van der Waals surface area (Å²) in [5.74, 6) is -1.07. The van der Waals surface area contributed by atoms with Crippen LogP contribution < -0.4 is 5.32 Å². The number of aliphatic carboxylic acids is 1. The minimum Gasteiger partial charge on any atom is -0.481 e. The van der Waals surface area contributed by atoms with Crippen LogP contribution in [0.15, 0.2) is 17.5 Å². The predicted octanol–water partition coefficient (Wildman–Crippen LogP) is 2.55. The third-order valence-electron chi connectivity index (χ3n) is 2.63. The molecule has 2 N–H and O–H groups in total. The second-order valence-corrected chi connectivity index (χ2v) is 5.10. The lowest BCUT2D eigenvalue weighted by molar-refractivity contribution is -0.137. The molecule has 0 radical (unpaired) electrons. The van der Waals surface area contributed by atoms with Crippen molar-refractivity contribution in [3.05, 3.63) is 22.4 Å². The van der Waals surface area contributed by atoms with Crippen molar-refractivity contribution in [3.8, 4) is 0 Å². The molecule has 0 aliphatic rings. The molecule has 18 heavy (non-hydrogen) atoms. The van der Waals surface area contributed by atoms with Crippen molar-refractivity contribution in [2.24, 2.45) is 0 Å². The minimum atomic E-state index is -0.951. The highest BCUT2D eigenvalue weighted by atomic mass is 32.1. The first-order valence-electron chi connectivity index (χ1n) is 6.18. The molecule has 100 valence electrons. The summed E-state index contributed by atoms with van der Waals surface area (Å²) in [6.45, 7) is 2.79. The molecule has 0 bridgehead atoms. The summed E-state index contributed by atoms with van der Waals surface area (Å²) in [6, 6.07) is 2.92. The molecule has 1 rings (SSSR count). The summed E-state index contributed by atoms with van der Waals surface area (Å²) in [6.07, 6.45) is 2.98. The number of Topliss-reactive ketones (excluding diaryl/α,β-unsaturated/α-hetero) is 1. The van der Waals surface area contributed by atoms with Crippen LogP contribution >= 0.6 is 11.3 Å². The van der Waals surface area contributed by atoms with Crippen LogP contribution in [0.5, 0.6) is 0 Å². The Hall–Kier alpha value is -1.20. The van der Waals surface area contributed by atoms with Crippen LogP contribution in [-0.4, -0.2) is 29.4 Å². The Balaban J connectivity index is 2.54. The van der Waals surface area contributed by atoms with E-state index in [1.54, 1.807) is 12.1 Å². The van der Waals surface area contributed by atoms with E-state index in [9.17, 15) is 9.59 Å². The fraction of sp³-hybridized carbons (Fsp3) is 0.538. The van der Waals surface area contributed by atoms with Gasteiger partial charge in [0.05, 0.1) is 17.3 Å². The highest BCUT2D eigenvalue weighted by Gasteiger charge is 2.22. The predicted molar refractivity (Wildman–Crippen MR) is 72.2 cm³/mol. The number of carbonyl (C=O) groups is 2. The van der Waals surface area contributed by atoms with Crippen molar-refractivity contribution in [2.45, 2.75) is 38.6 Å². The molecule has 0 saturated carbocycles. The molecule has 5 heteroatoms. The van der Waals surface area contributed by atoms with E-state index in [0.29, 0.717) is 11.4 Å². The maximum absolute atomic E-state index is 12.1. The Labute approximate surface area is 111 Å². The normalized spacial score (nSPS) is 12.3. The third kappa shape index (κ3) is 4.98. The fourth-order valence-corrected chi connectivity index (χ4v) is 2.39. The third-order valence-corrected chi connectivity index (χ3v) is 3.51. The van der Waals surface area contributed by atoms with Crippen LogP contribution in [0.3, 0.4) is 0 Å². The SMILES string of the molecule is CCCCCNC(CC(=O)O)C(=O)c1cccs1. The van der Waals surface area contributed by atoms with Gasteiger partial charge in [0.1, 0.15) is 0 Å². The summed E-state index contributed by atoms with van der Waals surface area (Å²) in [7, 11) is 0. The van der Waals surface area contributed by atoms with Gasteiger partial charge in [0, 0.05) is 0 Å². The molecule has 4 nitrogen and oxygen atoms in total. The number of hydrogen-bond acceptors (Lipinski definition) is 4. The smallest absolute Gasteiger partial charge is 0.305 e. The molecule has 0 spiro atoms. The standard InChI is InChI=1S/C13H19NO3S/c1-2-3-4-7-14-10(9-12(15)16)13(17)11-6-5-8-18-11/h5-6,8,10,14H,2-4,7,9H2,1H3,(H,15,16). The maximum Gasteiger partial charge on any atom is 0.305 e. The van der Waals surface area contributed by atoms with Gasteiger partial charge >= 0.3 is 5.97 Å². The molecule has 0 amide bonds. The Kier molecular flexibility index (Phi) is 6.60. The molecule has 0 aliphatic carbocycles. The number of thiophene rings is 1. The molecule has 1 aromatic heterocycles. The molecule has 1 atom stereocenters. The van der Waals surface area contributed by atoms with Crippen molar-refractivity contribution in [3.63, 3.8) is 0 Å². The summed E-state index contributed by atoms with van der Waals surface area (Å²) in [5, 5.41) is 13.7. The fourth-order valence-electron chi connectivity index (χ4n) is 1.67. The lowest BCUT2D eigenvalue weighted by Crippen LogP contribution is -2.38. The van der Waals surface area contributed by atoms with E-state index < -0.39 is 12.0 Å². The van der Waals surface area contributed by atoms with Crippen molar-refractivity contribution in [1.82, 2.24) is 5.32 Å². The number of ketones is 1. The number of rotatable bonds is 9. The van der Waals surface area contributed by atoms with E-state index in [-0.39, 0.29) is 12.2 Å². The molecule has 0 aliphatic heterocycles. The Bertz CT molecular complexity index is 376. The van der Waals surface area contributed by atoms with Crippen LogP contribution in [0.25, 0.3) is 0 Å². The topological polar surface area (TPSA) is 66.4 Å². The Morgan fingerprint density at radius 3 is 2.78 bits per heavy atom. The maximum atomic E-state index is 12.1.